The number of carbonyl (C=O) groups excluding carboxylic acids is 1. The van der Waals surface area contributed by atoms with E-state index >= 15 is 0 Å². The largest absolute Gasteiger partial charge is 0.444 e. The maximum Gasteiger partial charge on any atom is 0.407 e. The molecule has 1 N–H and O–H groups in total. The molecule has 1 aromatic carbocycles. The van der Waals surface area contributed by atoms with E-state index in [9.17, 15) is 4.79 Å². The van der Waals surface area contributed by atoms with E-state index in [1.54, 1.807) is 12.4 Å². The first-order valence-electron chi connectivity index (χ1n) is 9.15. The summed E-state index contributed by atoms with van der Waals surface area (Å²) in [6.45, 7) is 8.31. The summed E-state index contributed by atoms with van der Waals surface area (Å²) in [4.78, 5) is 18.5. The first-order chi connectivity index (χ1) is 12.7. The fourth-order valence-corrected chi connectivity index (χ4v) is 4.05. The van der Waals surface area contributed by atoms with Gasteiger partial charge in [0, 0.05) is 53.3 Å². The lowest BCUT2D eigenvalue weighted by molar-refractivity contribution is 0.0477. The van der Waals surface area contributed by atoms with Gasteiger partial charge in [0.25, 0.3) is 0 Å². The van der Waals surface area contributed by atoms with E-state index in [1.807, 2.05) is 26.8 Å². The number of halogens is 2. The lowest BCUT2D eigenvalue weighted by atomic mass is 10.0. The average molecular weight is 455 g/mol. The van der Waals surface area contributed by atoms with Gasteiger partial charge in [-0.05, 0) is 67.2 Å². The van der Waals surface area contributed by atoms with E-state index in [1.165, 1.54) is 5.56 Å². The van der Waals surface area contributed by atoms with Crippen molar-refractivity contribution in [2.75, 3.05) is 13.1 Å². The molecular weight excluding hydrogens is 430 g/mol. The standard InChI is InChI=1S/C20H25BrClN3O2/c1-20(2,3)27-19(26)24-14-4-6-25(7-5-14)12-13-8-15-16(18(22)9-13)10-23-11-17(15)21/h8-11,14H,4-7,12H2,1-3H3,(H,24,26). The molecule has 3 rings (SSSR count). The number of benzene rings is 1. The van der Waals surface area contributed by atoms with Gasteiger partial charge in [0.05, 0.1) is 5.02 Å². The van der Waals surface area contributed by atoms with Gasteiger partial charge in [-0.1, -0.05) is 11.6 Å². The Morgan fingerprint density at radius 1 is 1.30 bits per heavy atom. The van der Waals surface area contributed by atoms with E-state index in [0.717, 1.165) is 52.7 Å². The van der Waals surface area contributed by atoms with Crippen LogP contribution in [0, 0.1) is 0 Å². The van der Waals surface area contributed by atoms with Gasteiger partial charge in [0.1, 0.15) is 5.60 Å². The minimum atomic E-state index is -0.468. The predicted molar refractivity (Wildman–Crippen MR) is 112 cm³/mol. The lowest BCUT2D eigenvalue weighted by Crippen LogP contribution is -2.45. The van der Waals surface area contributed by atoms with E-state index in [-0.39, 0.29) is 12.1 Å². The number of likely N-dealkylation sites (tertiary alicyclic amines) is 1. The van der Waals surface area contributed by atoms with Crippen molar-refractivity contribution < 1.29 is 9.53 Å². The van der Waals surface area contributed by atoms with Crippen LogP contribution in [0.3, 0.4) is 0 Å². The summed E-state index contributed by atoms with van der Waals surface area (Å²) in [5, 5.41) is 5.73. The van der Waals surface area contributed by atoms with Crippen LogP contribution in [0.5, 0.6) is 0 Å². The molecule has 1 aliphatic rings. The second-order valence-corrected chi connectivity index (χ2v) is 9.25. The van der Waals surface area contributed by atoms with Gasteiger partial charge in [-0.25, -0.2) is 4.79 Å². The van der Waals surface area contributed by atoms with Gasteiger partial charge in [-0.2, -0.15) is 0 Å². The predicted octanol–water partition coefficient (Wildman–Crippen LogP) is 5.14. The molecule has 27 heavy (non-hydrogen) atoms. The van der Waals surface area contributed by atoms with Crippen LogP contribution in [0.25, 0.3) is 10.8 Å². The molecule has 1 amide bonds. The van der Waals surface area contributed by atoms with Crippen molar-refractivity contribution in [2.45, 2.75) is 51.8 Å². The molecule has 2 heterocycles. The molecule has 146 valence electrons. The highest BCUT2D eigenvalue weighted by molar-refractivity contribution is 9.10. The van der Waals surface area contributed by atoms with Crippen molar-refractivity contribution in [1.29, 1.82) is 0 Å². The van der Waals surface area contributed by atoms with Crippen LogP contribution in [-0.4, -0.2) is 40.7 Å². The summed E-state index contributed by atoms with van der Waals surface area (Å²) in [5.41, 5.74) is 0.710. The first kappa shape index (κ1) is 20.4. The van der Waals surface area contributed by atoms with Crippen LogP contribution in [0.1, 0.15) is 39.2 Å². The Morgan fingerprint density at radius 2 is 2.00 bits per heavy atom. The molecule has 1 aromatic heterocycles. The fourth-order valence-electron chi connectivity index (χ4n) is 3.31. The van der Waals surface area contributed by atoms with E-state index in [0.29, 0.717) is 0 Å². The fraction of sp³-hybridized carbons (Fsp3) is 0.500. The minimum Gasteiger partial charge on any atom is -0.444 e. The number of hydrogen-bond donors (Lipinski definition) is 1. The van der Waals surface area contributed by atoms with Crippen LogP contribution in [0.15, 0.2) is 29.0 Å². The highest BCUT2D eigenvalue weighted by Gasteiger charge is 2.23. The van der Waals surface area contributed by atoms with Crippen molar-refractivity contribution >= 4 is 44.4 Å². The highest BCUT2D eigenvalue weighted by Crippen LogP contribution is 2.30. The van der Waals surface area contributed by atoms with Crippen LogP contribution < -0.4 is 5.32 Å². The zero-order valence-corrected chi connectivity index (χ0v) is 18.2. The molecule has 2 aromatic rings. The monoisotopic (exact) mass is 453 g/mol. The Bertz CT molecular complexity index is 830. The number of pyridine rings is 1. The average Bonchev–Trinajstić information content (AvgIpc) is 2.56. The third-order valence-electron chi connectivity index (χ3n) is 4.55. The maximum absolute atomic E-state index is 11.9. The normalized spacial score (nSPS) is 16.5. The highest BCUT2D eigenvalue weighted by atomic mass is 79.9. The number of rotatable bonds is 3. The summed E-state index contributed by atoms with van der Waals surface area (Å²) >= 11 is 10.00. The number of ether oxygens (including phenoxy) is 1. The molecule has 1 saturated heterocycles. The third-order valence-corrected chi connectivity index (χ3v) is 5.50. The number of fused-ring (bicyclic) bond motifs is 1. The van der Waals surface area contributed by atoms with Crippen molar-refractivity contribution in [2.24, 2.45) is 0 Å². The topological polar surface area (TPSA) is 54.5 Å². The Labute approximate surface area is 173 Å². The van der Waals surface area contributed by atoms with Crippen LogP contribution >= 0.6 is 27.5 Å². The molecule has 7 heteroatoms. The molecular formula is C20H25BrClN3O2. The minimum absolute atomic E-state index is 0.163. The molecule has 1 aliphatic heterocycles. The second kappa shape index (κ2) is 8.33. The number of nitrogens with one attached hydrogen (secondary N) is 1. The number of alkyl carbamates (subject to hydrolysis) is 1. The van der Waals surface area contributed by atoms with Gasteiger partial charge in [0.15, 0.2) is 0 Å². The SMILES string of the molecule is CC(C)(C)OC(=O)NC1CCN(Cc2cc(Cl)c3cncc(Br)c3c2)CC1. The number of carbonyl (C=O) groups is 1. The smallest absolute Gasteiger partial charge is 0.407 e. The van der Waals surface area contributed by atoms with Gasteiger partial charge >= 0.3 is 6.09 Å². The zero-order valence-electron chi connectivity index (χ0n) is 15.9. The lowest BCUT2D eigenvalue weighted by Gasteiger charge is -2.33. The number of hydrogen-bond acceptors (Lipinski definition) is 4. The van der Waals surface area contributed by atoms with Gasteiger partial charge in [-0.15, -0.1) is 0 Å². The number of nitrogens with zero attached hydrogens (tertiary/aromatic N) is 2. The quantitative estimate of drug-likeness (QED) is 0.698. The molecule has 0 aliphatic carbocycles. The molecule has 0 atom stereocenters. The summed E-state index contributed by atoms with van der Waals surface area (Å²) in [6.07, 6.45) is 5.07. The maximum atomic E-state index is 11.9. The summed E-state index contributed by atoms with van der Waals surface area (Å²) < 4.78 is 6.29. The molecule has 0 saturated carbocycles. The van der Waals surface area contributed by atoms with Gasteiger partial charge in [-0.3, -0.25) is 9.88 Å². The van der Waals surface area contributed by atoms with Gasteiger partial charge < -0.3 is 10.1 Å². The molecule has 1 fully saturated rings. The van der Waals surface area contributed by atoms with Crippen molar-refractivity contribution in [3.8, 4) is 0 Å². The Hall–Kier alpha value is -1.37. The van der Waals surface area contributed by atoms with Crippen molar-refractivity contribution in [1.82, 2.24) is 15.2 Å². The van der Waals surface area contributed by atoms with Crippen LogP contribution in [0.2, 0.25) is 5.02 Å². The van der Waals surface area contributed by atoms with E-state index in [4.69, 9.17) is 16.3 Å². The summed E-state index contributed by atoms with van der Waals surface area (Å²) in [5.74, 6) is 0. The van der Waals surface area contributed by atoms with E-state index < -0.39 is 5.60 Å². The Morgan fingerprint density at radius 3 is 2.67 bits per heavy atom. The summed E-state index contributed by atoms with van der Waals surface area (Å²) in [6, 6.07) is 4.35. The molecule has 5 nitrogen and oxygen atoms in total. The van der Waals surface area contributed by atoms with Crippen LogP contribution in [0.4, 0.5) is 4.79 Å². The number of aromatic nitrogens is 1. The molecule has 0 spiro atoms. The van der Waals surface area contributed by atoms with E-state index in [2.05, 4.69) is 37.2 Å². The first-order valence-corrected chi connectivity index (χ1v) is 10.3. The zero-order chi connectivity index (χ0) is 19.6. The molecule has 0 radical (unpaired) electrons. The van der Waals surface area contributed by atoms with Crippen molar-refractivity contribution in [3.05, 3.63) is 39.6 Å². The number of amides is 1. The molecule has 0 bridgehead atoms. The Kier molecular flexibility index (Phi) is 6.28. The Balaban J connectivity index is 1.57. The summed E-state index contributed by atoms with van der Waals surface area (Å²) in [7, 11) is 0. The number of piperidine rings is 1. The van der Waals surface area contributed by atoms with Crippen molar-refractivity contribution in [3.63, 3.8) is 0 Å². The van der Waals surface area contributed by atoms with Gasteiger partial charge in [0.2, 0.25) is 0 Å². The second-order valence-electron chi connectivity index (χ2n) is 7.99. The molecule has 0 unspecified atom stereocenters. The van der Waals surface area contributed by atoms with Crippen LogP contribution in [-0.2, 0) is 11.3 Å². The third kappa shape index (κ3) is 5.56.